The highest BCUT2D eigenvalue weighted by molar-refractivity contribution is 6.62. The fraction of sp³-hybridized carbons (Fsp3) is 0.316. The average Bonchev–Trinajstić information content (AvgIpc) is 3.06. The second-order valence-corrected chi connectivity index (χ2v) is 7.44. The van der Waals surface area contributed by atoms with Crippen LogP contribution in [-0.2, 0) is 9.31 Å². The molecule has 0 radical (unpaired) electrons. The van der Waals surface area contributed by atoms with Crippen LogP contribution in [0.4, 0.5) is 4.39 Å². The molecule has 0 saturated carbocycles. The fourth-order valence-corrected chi connectivity index (χ4v) is 2.95. The Bertz CT molecular complexity index is 918. The van der Waals surface area contributed by atoms with Crippen LogP contribution in [0.25, 0.3) is 16.6 Å². The summed E-state index contributed by atoms with van der Waals surface area (Å²) in [5.41, 5.74) is 1.91. The predicted octanol–water partition coefficient (Wildman–Crippen LogP) is 3.46. The van der Waals surface area contributed by atoms with Crippen LogP contribution >= 0.6 is 0 Å². The number of benzene rings is 2. The Morgan fingerprint density at radius 1 is 0.960 bits per heavy atom. The first kappa shape index (κ1) is 16.3. The Hall–Kier alpha value is -2.18. The number of hydrogen-bond acceptors (Lipinski definition) is 3. The number of fused-ring (bicyclic) bond motifs is 1. The highest BCUT2D eigenvalue weighted by Crippen LogP contribution is 2.36. The van der Waals surface area contributed by atoms with E-state index >= 15 is 0 Å². The Kier molecular flexibility index (Phi) is 3.53. The van der Waals surface area contributed by atoms with Crippen molar-refractivity contribution in [2.24, 2.45) is 0 Å². The van der Waals surface area contributed by atoms with Gasteiger partial charge in [-0.05, 0) is 63.5 Å². The van der Waals surface area contributed by atoms with Gasteiger partial charge < -0.3 is 9.31 Å². The molecule has 25 heavy (non-hydrogen) atoms. The van der Waals surface area contributed by atoms with Gasteiger partial charge in [-0.15, -0.1) is 0 Å². The molecule has 0 amide bonds. The minimum Gasteiger partial charge on any atom is -0.399 e. The van der Waals surface area contributed by atoms with Gasteiger partial charge in [0.15, 0.2) is 0 Å². The van der Waals surface area contributed by atoms with Crippen LogP contribution in [0.1, 0.15) is 27.7 Å². The molecule has 0 bridgehead atoms. The second-order valence-electron chi connectivity index (χ2n) is 7.44. The largest absolute Gasteiger partial charge is 0.494 e. The lowest BCUT2D eigenvalue weighted by atomic mass is 9.79. The molecule has 2 heterocycles. The van der Waals surface area contributed by atoms with Crippen LogP contribution in [0, 0.1) is 5.82 Å². The molecule has 0 N–H and O–H groups in total. The summed E-state index contributed by atoms with van der Waals surface area (Å²) in [6.07, 6.45) is 1.80. The first-order valence-corrected chi connectivity index (χ1v) is 8.36. The molecule has 2 aromatic carbocycles. The molecule has 0 unspecified atom stereocenters. The zero-order valence-corrected chi connectivity index (χ0v) is 14.8. The molecule has 1 aromatic heterocycles. The van der Waals surface area contributed by atoms with Crippen molar-refractivity contribution in [3.8, 4) is 5.69 Å². The molecule has 6 heteroatoms. The van der Waals surface area contributed by atoms with Crippen LogP contribution < -0.4 is 5.46 Å². The smallest absolute Gasteiger partial charge is 0.399 e. The third-order valence-electron chi connectivity index (χ3n) is 5.19. The van der Waals surface area contributed by atoms with E-state index in [9.17, 15) is 4.39 Å². The number of halogens is 1. The van der Waals surface area contributed by atoms with E-state index in [1.165, 1.54) is 12.1 Å². The highest BCUT2D eigenvalue weighted by Gasteiger charge is 2.51. The molecule has 1 saturated heterocycles. The summed E-state index contributed by atoms with van der Waals surface area (Å²) in [6.45, 7) is 8.14. The maximum absolute atomic E-state index is 13.2. The summed E-state index contributed by atoms with van der Waals surface area (Å²) in [4.78, 5) is 0. The molecule has 128 valence electrons. The summed E-state index contributed by atoms with van der Waals surface area (Å²) < 4.78 is 27.3. The van der Waals surface area contributed by atoms with Crippen molar-refractivity contribution in [3.63, 3.8) is 0 Å². The summed E-state index contributed by atoms with van der Waals surface area (Å²) in [7, 11) is -0.425. The third-order valence-corrected chi connectivity index (χ3v) is 5.19. The Morgan fingerprint density at radius 2 is 1.60 bits per heavy atom. The molecule has 3 aromatic rings. The Labute approximate surface area is 146 Å². The van der Waals surface area contributed by atoms with Crippen molar-refractivity contribution in [1.82, 2.24) is 9.78 Å². The molecule has 1 aliphatic rings. The van der Waals surface area contributed by atoms with Crippen LogP contribution in [0.15, 0.2) is 48.7 Å². The molecule has 4 nitrogen and oxygen atoms in total. The Morgan fingerprint density at radius 3 is 2.24 bits per heavy atom. The monoisotopic (exact) mass is 338 g/mol. The number of nitrogens with zero attached hydrogens (tertiary/aromatic N) is 2. The summed E-state index contributed by atoms with van der Waals surface area (Å²) in [6, 6.07) is 12.3. The maximum atomic E-state index is 13.2. The standard InChI is InChI=1S/C19H20BFN2O2/c1-18(2)19(3,4)25-20(24-18)14-6-5-13-12-22-23(17(13)11-14)16-9-7-15(21)8-10-16/h5-12H,1-4H3. The van der Waals surface area contributed by atoms with Gasteiger partial charge in [0, 0.05) is 5.39 Å². The molecular weight excluding hydrogens is 318 g/mol. The first-order chi connectivity index (χ1) is 11.8. The van der Waals surface area contributed by atoms with Crippen molar-refractivity contribution in [1.29, 1.82) is 0 Å². The van der Waals surface area contributed by atoms with Gasteiger partial charge in [0.25, 0.3) is 0 Å². The van der Waals surface area contributed by atoms with Gasteiger partial charge in [-0.1, -0.05) is 12.1 Å². The SMILES string of the molecule is CC1(C)OB(c2ccc3cnn(-c4ccc(F)cc4)c3c2)OC1(C)C. The van der Waals surface area contributed by atoms with Gasteiger partial charge in [-0.3, -0.25) is 0 Å². The second kappa shape index (κ2) is 5.41. The number of rotatable bonds is 2. The number of aromatic nitrogens is 2. The van der Waals surface area contributed by atoms with Crippen molar-refractivity contribution >= 4 is 23.5 Å². The van der Waals surface area contributed by atoms with E-state index in [-0.39, 0.29) is 17.0 Å². The van der Waals surface area contributed by atoms with E-state index in [2.05, 4.69) is 5.10 Å². The molecule has 1 fully saturated rings. The molecule has 0 spiro atoms. The van der Waals surface area contributed by atoms with Gasteiger partial charge in [0.05, 0.1) is 28.6 Å². The Balaban J connectivity index is 1.76. The quantitative estimate of drug-likeness (QED) is 0.672. The van der Waals surface area contributed by atoms with Gasteiger partial charge in [-0.2, -0.15) is 5.10 Å². The topological polar surface area (TPSA) is 36.3 Å². The van der Waals surface area contributed by atoms with Gasteiger partial charge in [-0.25, -0.2) is 9.07 Å². The maximum Gasteiger partial charge on any atom is 0.494 e. The number of hydrogen-bond donors (Lipinski definition) is 0. The van der Waals surface area contributed by atoms with E-state index < -0.39 is 7.12 Å². The van der Waals surface area contributed by atoms with Gasteiger partial charge >= 0.3 is 7.12 Å². The summed E-state index contributed by atoms with van der Waals surface area (Å²) >= 11 is 0. The van der Waals surface area contributed by atoms with Crippen molar-refractivity contribution in [3.05, 3.63) is 54.5 Å². The minimum atomic E-state index is -0.425. The highest BCUT2D eigenvalue weighted by atomic mass is 19.1. The normalized spacial score (nSPS) is 18.8. The van der Waals surface area contributed by atoms with E-state index in [0.717, 1.165) is 22.1 Å². The lowest BCUT2D eigenvalue weighted by Crippen LogP contribution is -2.41. The van der Waals surface area contributed by atoms with Crippen molar-refractivity contribution in [2.45, 2.75) is 38.9 Å². The van der Waals surface area contributed by atoms with Crippen molar-refractivity contribution < 1.29 is 13.7 Å². The van der Waals surface area contributed by atoms with Crippen LogP contribution in [0.2, 0.25) is 0 Å². The zero-order valence-electron chi connectivity index (χ0n) is 14.8. The average molecular weight is 338 g/mol. The first-order valence-electron chi connectivity index (χ1n) is 8.36. The molecule has 1 aliphatic heterocycles. The van der Waals surface area contributed by atoms with E-state index in [0.29, 0.717) is 0 Å². The molecule has 4 rings (SSSR count). The van der Waals surface area contributed by atoms with Crippen LogP contribution in [0.3, 0.4) is 0 Å². The minimum absolute atomic E-state index is 0.266. The van der Waals surface area contributed by atoms with Crippen LogP contribution in [0.5, 0.6) is 0 Å². The predicted molar refractivity (Wildman–Crippen MR) is 96.7 cm³/mol. The summed E-state index contributed by atoms with van der Waals surface area (Å²) in [5.74, 6) is -0.266. The van der Waals surface area contributed by atoms with Crippen molar-refractivity contribution in [2.75, 3.05) is 0 Å². The fourth-order valence-electron chi connectivity index (χ4n) is 2.95. The molecule has 0 atom stereocenters. The lowest BCUT2D eigenvalue weighted by Gasteiger charge is -2.32. The molecular formula is C19H20BFN2O2. The van der Waals surface area contributed by atoms with E-state index in [4.69, 9.17) is 9.31 Å². The van der Waals surface area contributed by atoms with Gasteiger partial charge in [0.2, 0.25) is 0 Å². The zero-order chi connectivity index (χ0) is 17.8. The van der Waals surface area contributed by atoms with Gasteiger partial charge in [0.1, 0.15) is 5.82 Å². The van der Waals surface area contributed by atoms with E-state index in [1.54, 1.807) is 23.0 Å². The molecule has 0 aliphatic carbocycles. The van der Waals surface area contributed by atoms with E-state index in [1.807, 2.05) is 45.9 Å². The third kappa shape index (κ3) is 2.66. The van der Waals surface area contributed by atoms with Crippen LogP contribution in [-0.4, -0.2) is 28.1 Å². The lowest BCUT2D eigenvalue weighted by molar-refractivity contribution is 0.00578. The summed E-state index contributed by atoms with van der Waals surface area (Å²) in [5, 5.41) is 5.44.